The van der Waals surface area contributed by atoms with E-state index in [0.717, 1.165) is 11.0 Å². The summed E-state index contributed by atoms with van der Waals surface area (Å²) in [4.78, 5) is 59.0. The number of nitrogens with one attached hydrogen (secondary N) is 1. The van der Waals surface area contributed by atoms with Crippen LogP contribution in [-0.2, 0) is 23.9 Å². The molecule has 3 rings (SSSR count). The summed E-state index contributed by atoms with van der Waals surface area (Å²) >= 11 is 1.23. The molecule has 1 aromatic carbocycles. The molecular formula is C19H17N3O8S. The van der Waals surface area contributed by atoms with Crippen molar-refractivity contribution >= 4 is 47.3 Å². The molecule has 1 saturated heterocycles. The molecule has 2 aliphatic heterocycles. The second kappa shape index (κ2) is 9.00. The Morgan fingerprint density at radius 3 is 2.74 bits per heavy atom. The van der Waals surface area contributed by atoms with Crippen LogP contribution in [0.4, 0.5) is 5.69 Å². The van der Waals surface area contributed by atoms with Crippen LogP contribution in [-0.4, -0.2) is 62.5 Å². The summed E-state index contributed by atoms with van der Waals surface area (Å²) < 4.78 is 4.86. The predicted molar refractivity (Wildman–Crippen MR) is 108 cm³/mol. The van der Waals surface area contributed by atoms with Gasteiger partial charge in [0.1, 0.15) is 23.7 Å². The van der Waals surface area contributed by atoms with E-state index >= 15 is 0 Å². The molecule has 2 N–H and O–H groups in total. The third-order valence-corrected chi connectivity index (χ3v) is 5.88. The minimum Gasteiger partial charge on any atom is -0.477 e. The van der Waals surface area contributed by atoms with E-state index in [0.29, 0.717) is 5.57 Å². The lowest BCUT2D eigenvalue weighted by Crippen LogP contribution is -2.70. The quantitative estimate of drug-likeness (QED) is 0.204. The molecule has 2 atom stereocenters. The molecular weight excluding hydrogens is 430 g/mol. The lowest BCUT2D eigenvalue weighted by molar-refractivity contribution is -0.385. The number of esters is 1. The van der Waals surface area contributed by atoms with Gasteiger partial charge in [-0.1, -0.05) is 12.1 Å². The minimum atomic E-state index is -1.33. The second-order valence-corrected chi connectivity index (χ2v) is 7.69. The van der Waals surface area contributed by atoms with Crippen molar-refractivity contribution in [2.24, 2.45) is 0 Å². The van der Waals surface area contributed by atoms with Crippen molar-refractivity contribution in [3.05, 3.63) is 57.3 Å². The smallest absolute Gasteiger partial charge is 0.352 e. The average molecular weight is 447 g/mol. The van der Waals surface area contributed by atoms with Gasteiger partial charge in [0.25, 0.3) is 11.6 Å². The molecule has 0 spiro atoms. The van der Waals surface area contributed by atoms with Crippen LogP contribution in [0.5, 0.6) is 0 Å². The summed E-state index contributed by atoms with van der Waals surface area (Å²) in [6.07, 6.45) is 2.34. The van der Waals surface area contributed by atoms with Gasteiger partial charge in [0, 0.05) is 30.4 Å². The fourth-order valence-electron chi connectivity index (χ4n) is 3.14. The number of carbonyl (C=O) groups is 4. The number of nitrogens with zero attached hydrogens (tertiary/aromatic N) is 2. The van der Waals surface area contributed by atoms with Gasteiger partial charge >= 0.3 is 11.9 Å². The number of nitro groups is 1. The molecule has 162 valence electrons. The Hall–Kier alpha value is -3.67. The highest BCUT2D eigenvalue weighted by atomic mass is 32.2. The first-order valence-corrected chi connectivity index (χ1v) is 10.0. The summed E-state index contributed by atoms with van der Waals surface area (Å²) in [5, 5.41) is 22.4. The molecule has 12 heteroatoms. The highest BCUT2D eigenvalue weighted by Crippen LogP contribution is 2.40. The van der Waals surface area contributed by atoms with E-state index in [9.17, 15) is 34.4 Å². The van der Waals surface area contributed by atoms with Crippen LogP contribution < -0.4 is 5.32 Å². The van der Waals surface area contributed by atoms with Gasteiger partial charge in [-0.3, -0.25) is 29.4 Å². The molecule has 2 amide bonds. The molecule has 0 saturated carbocycles. The van der Waals surface area contributed by atoms with Gasteiger partial charge in [0.05, 0.1) is 10.5 Å². The third kappa shape index (κ3) is 4.58. The predicted octanol–water partition coefficient (Wildman–Crippen LogP) is 0.910. The van der Waals surface area contributed by atoms with Crippen LogP contribution >= 0.6 is 11.8 Å². The van der Waals surface area contributed by atoms with Gasteiger partial charge in [-0.25, -0.2) is 4.79 Å². The van der Waals surface area contributed by atoms with Gasteiger partial charge < -0.3 is 15.2 Å². The average Bonchev–Trinajstić information content (AvgIpc) is 2.73. The number of carboxylic acid groups (broad SMARTS) is 1. The third-order valence-electron chi connectivity index (χ3n) is 4.54. The fraction of sp³-hybridized carbons (Fsp3) is 0.263. The molecule has 0 aromatic heterocycles. The number of benzene rings is 1. The number of ether oxygens (including phenoxy) is 1. The number of thioether (sulfide) groups is 1. The highest BCUT2D eigenvalue weighted by molar-refractivity contribution is 8.00. The highest BCUT2D eigenvalue weighted by Gasteiger charge is 2.54. The monoisotopic (exact) mass is 447 g/mol. The van der Waals surface area contributed by atoms with Crippen LogP contribution in [0.2, 0.25) is 0 Å². The first kappa shape index (κ1) is 22.0. The number of carboxylic acids is 1. The molecule has 11 nitrogen and oxygen atoms in total. The van der Waals surface area contributed by atoms with Gasteiger partial charge in [0.15, 0.2) is 0 Å². The van der Waals surface area contributed by atoms with Crippen LogP contribution in [0.15, 0.2) is 41.6 Å². The van der Waals surface area contributed by atoms with Crippen molar-refractivity contribution in [3.8, 4) is 0 Å². The van der Waals surface area contributed by atoms with Crippen LogP contribution in [0.3, 0.4) is 0 Å². The molecule has 0 radical (unpaired) electrons. The molecule has 2 aliphatic rings. The first-order valence-electron chi connectivity index (χ1n) is 8.96. The standard InChI is InChI=1S/C19H17N3O8S/c1-10(23)30-8-12-9-31-18-15(17(25)21(18)16(12)19(26)27)20-14(24)7-6-11-4-2-3-5-13(11)22(28)29/h2-7,15,18H,8-9H2,1H3,(H,20,24)(H,26,27)/b7-6+/t15-,18-/m1/s1. The zero-order chi connectivity index (χ0) is 22.7. The van der Waals surface area contributed by atoms with E-state index in [2.05, 4.69) is 5.32 Å². The Kier molecular flexibility index (Phi) is 6.39. The Morgan fingerprint density at radius 2 is 2.10 bits per heavy atom. The molecule has 0 unspecified atom stereocenters. The maximum Gasteiger partial charge on any atom is 0.352 e. The van der Waals surface area contributed by atoms with E-state index < -0.39 is 40.1 Å². The zero-order valence-corrected chi connectivity index (χ0v) is 17.0. The Morgan fingerprint density at radius 1 is 1.39 bits per heavy atom. The largest absolute Gasteiger partial charge is 0.477 e. The molecule has 31 heavy (non-hydrogen) atoms. The summed E-state index contributed by atoms with van der Waals surface area (Å²) in [5.74, 6) is -2.95. The number of para-hydroxylation sites is 1. The fourth-order valence-corrected chi connectivity index (χ4v) is 4.47. The summed E-state index contributed by atoms with van der Waals surface area (Å²) in [7, 11) is 0. The molecule has 0 bridgehead atoms. The maximum absolute atomic E-state index is 12.5. The summed E-state index contributed by atoms with van der Waals surface area (Å²) in [5.41, 5.74) is 0.0913. The van der Waals surface area contributed by atoms with Gasteiger partial charge in [0.2, 0.25) is 5.91 Å². The van der Waals surface area contributed by atoms with Crippen molar-refractivity contribution in [1.29, 1.82) is 0 Å². The number of rotatable bonds is 7. The van der Waals surface area contributed by atoms with Crippen molar-refractivity contribution in [2.45, 2.75) is 18.3 Å². The van der Waals surface area contributed by atoms with E-state index in [-0.39, 0.29) is 29.3 Å². The summed E-state index contributed by atoms with van der Waals surface area (Å²) in [6, 6.07) is 4.92. The van der Waals surface area contributed by atoms with Crippen LogP contribution in [0.1, 0.15) is 12.5 Å². The summed E-state index contributed by atoms with van der Waals surface area (Å²) in [6.45, 7) is 0.952. The molecule has 2 heterocycles. The maximum atomic E-state index is 12.5. The lowest BCUT2D eigenvalue weighted by atomic mass is 10.0. The van der Waals surface area contributed by atoms with Crippen molar-refractivity contribution in [3.63, 3.8) is 0 Å². The SMILES string of the molecule is CC(=O)OCC1=C(C(=O)O)N2C(=O)[C@@H](NC(=O)/C=C/c3ccccc3[N+](=O)[O-])[C@H]2SC1. The number of nitro benzene ring substituents is 1. The van der Waals surface area contributed by atoms with Gasteiger partial charge in [-0.05, 0) is 12.1 Å². The Bertz CT molecular complexity index is 1030. The Labute approximate surface area is 179 Å². The Balaban J connectivity index is 1.70. The van der Waals surface area contributed by atoms with Crippen molar-refractivity contribution in [2.75, 3.05) is 12.4 Å². The second-order valence-electron chi connectivity index (χ2n) is 6.58. The van der Waals surface area contributed by atoms with Crippen molar-refractivity contribution in [1.82, 2.24) is 10.2 Å². The minimum absolute atomic E-state index is 0.170. The number of amides is 2. The number of hydrogen-bond donors (Lipinski definition) is 2. The van der Waals surface area contributed by atoms with Gasteiger partial charge in [-0.2, -0.15) is 0 Å². The van der Waals surface area contributed by atoms with Crippen molar-refractivity contribution < 1.29 is 33.9 Å². The number of carbonyl (C=O) groups excluding carboxylic acids is 3. The van der Waals surface area contributed by atoms with E-state index in [1.165, 1.54) is 43.0 Å². The molecule has 0 aliphatic carbocycles. The molecule has 1 fully saturated rings. The lowest BCUT2D eigenvalue weighted by Gasteiger charge is -2.49. The normalized spacial score (nSPS) is 20.2. The van der Waals surface area contributed by atoms with Crippen LogP contribution in [0.25, 0.3) is 6.08 Å². The first-order chi connectivity index (χ1) is 14.7. The van der Waals surface area contributed by atoms with E-state index in [1.807, 2.05) is 0 Å². The number of hydrogen-bond acceptors (Lipinski definition) is 8. The topological polar surface area (TPSA) is 156 Å². The number of β-lactam (4-membered cyclic amide) rings is 1. The zero-order valence-electron chi connectivity index (χ0n) is 16.1. The van der Waals surface area contributed by atoms with E-state index in [4.69, 9.17) is 4.74 Å². The number of aliphatic carboxylic acids is 1. The van der Waals surface area contributed by atoms with Gasteiger partial charge in [-0.15, -0.1) is 11.8 Å². The molecule has 1 aromatic rings. The number of fused-ring (bicyclic) bond motifs is 1. The van der Waals surface area contributed by atoms with E-state index in [1.54, 1.807) is 6.07 Å². The van der Waals surface area contributed by atoms with Crippen LogP contribution in [0, 0.1) is 10.1 Å².